The number of nitrogens with zero attached hydrogens (tertiary/aromatic N) is 4. The van der Waals surface area contributed by atoms with E-state index in [1.54, 1.807) is 16.3 Å². The number of aromatic nitrogens is 4. The number of nitrogen functional groups attached to an aromatic ring is 1. The van der Waals surface area contributed by atoms with E-state index in [2.05, 4.69) is 15.0 Å². The number of anilines is 1. The summed E-state index contributed by atoms with van der Waals surface area (Å²) in [6, 6.07) is 0. The number of rotatable bonds is 3. The van der Waals surface area contributed by atoms with E-state index in [9.17, 15) is 10.2 Å². The molecule has 1 saturated heterocycles. The summed E-state index contributed by atoms with van der Waals surface area (Å²) in [4.78, 5) is 12.1. The fourth-order valence-corrected chi connectivity index (χ4v) is 2.92. The quantitative estimate of drug-likeness (QED) is 0.686. The van der Waals surface area contributed by atoms with Crippen LogP contribution in [0.3, 0.4) is 0 Å². The van der Waals surface area contributed by atoms with Gasteiger partial charge < -0.3 is 20.7 Å². The van der Waals surface area contributed by atoms with Gasteiger partial charge in [-0.25, -0.2) is 15.0 Å². The summed E-state index contributed by atoms with van der Waals surface area (Å²) < 4.78 is 7.29. The van der Waals surface area contributed by atoms with Crippen LogP contribution in [-0.2, 0) is 4.74 Å². The van der Waals surface area contributed by atoms with Gasteiger partial charge in [0.15, 0.2) is 17.7 Å². The Labute approximate surface area is 119 Å². The fraction of sp³-hybridized carbons (Fsp3) is 0.545. The Morgan fingerprint density at radius 1 is 1.35 bits per heavy atom. The summed E-state index contributed by atoms with van der Waals surface area (Å²) in [5.41, 5.74) is 6.64. The van der Waals surface area contributed by atoms with E-state index in [-0.39, 0.29) is 5.82 Å². The van der Waals surface area contributed by atoms with Gasteiger partial charge in [0.25, 0.3) is 0 Å². The van der Waals surface area contributed by atoms with Crippen molar-refractivity contribution in [3.8, 4) is 0 Å². The molecule has 0 amide bonds. The molecule has 108 valence electrons. The molecule has 2 aromatic rings. The van der Waals surface area contributed by atoms with Gasteiger partial charge in [0, 0.05) is 5.75 Å². The van der Waals surface area contributed by atoms with Gasteiger partial charge in [-0.05, 0) is 6.26 Å². The topological polar surface area (TPSA) is 119 Å². The van der Waals surface area contributed by atoms with Crippen LogP contribution in [-0.4, -0.2) is 60.1 Å². The average Bonchev–Trinajstić information content (AvgIpc) is 2.97. The summed E-state index contributed by atoms with van der Waals surface area (Å²) in [5.74, 6) is 0.862. The van der Waals surface area contributed by atoms with E-state index in [1.165, 1.54) is 12.7 Å². The van der Waals surface area contributed by atoms with Crippen molar-refractivity contribution in [2.75, 3.05) is 17.7 Å². The van der Waals surface area contributed by atoms with Crippen LogP contribution in [0.1, 0.15) is 6.23 Å². The molecule has 1 aliphatic rings. The normalized spacial score (nSPS) is 30.1. The molecule has 0 saturated carbocycles. The largest absolute Gasteiger partial charge is 0.387 e. The molecule has 4 atom stereocenters. The second kappa shape index (κ2) is 5.17. The van der Waals surface area contributed by atoms with Crippen molar-refractivity contribution >= 4 is 28.7 Å². The minimum Gasteiger partial charge on any atom is -0.387 e. The second-order valence-corrected chi connectivity index (χ2v) is 5.50. The predicted molar refractivity (Wildman–Crippen MR) is 74.0 cm³/mol. The monoisotopic (exact) mass is 297 g/mol. The summed E-state index contributed by atoms with van der Waals surface area (Å²) in [6.07, 6.45) is 1.58. The van der Waals surface area contributed by atoms with Crippen molar-refractivity contribution in [2.24, 2.45) is 0 Å². The molecule has 0 unspecified atom stereocenters. The van der Waals surface area contributed by atoms with Gasteiger partial charge in [-0.2, -0.15) is 11.8 Å². The summed E-state index contributed by atoms with van der Waals surface area (Å²) >= 11 is 1.54. The highest BCUT2D eigenvalue weighted by molar-refractivity contribution is 7.98. The SMILES string of the molecule is CSC[C@@H]1O[C@H](n2cnc3c(N)ncnc32)[C@@H](O)[C@H]1O. The van der Waals surface area contributed by atoms with Crippen molar-refractivity contribution in [1.29, 1.82) is 0 Å². The Morgan fingerprint density at radius 3 is 2.90 bits per heavy atom. The molecule has 20 heavy (non-hydrogen) atoms. The first-order valence-corrected chi connectivity index (χ1v) is 7.46. The molecule has 8 nitrogen and oxygen atoms in total. The van der Waals surface area contributed by atoms with E-state index in [1.807, 2.05) is 6.26 Å². The Hall–Kier alpha value is -1.42. The Morgan fingerprint density at radius 2 is 2.15 bits per heavy atom. The Bertz CT molecular complexity index is 621. The summed E-state index contributed by atoms with van der Waals surface area (Å²) in [5, 5.41) is 20.2. The first-order chi connectivity index (χ1) is 9.63. The van der Waals surface area contributed by atoms with Crippen molar-refractivity contribution < 1.29 is 14.9 Å². The molecule has 3 rings (SSSR count). The number of thioether (sulfide) groups is 1. The number of aliphatic hydroxyl groups excluding tert-OH is 2. The lowest BCUT2D eigenvalue weighted by molar-refractivity contribution is -0.0288. The maximum atomic E-state index is 10.1. The number of fused-ring (bicyclic) bond motifs is 1. The lowest BCUT2D eigenvalue weighted by Crippen LogP contribution is -2.32. The zero-order chi connectivity index (χ0) is 14.3. The van der Waals surface area contributed by atoms with Gasteiger partial charge in [0.2, 0.25) is 0 Å². The predicted octanol–water partition coefficient (Wildman–Crippen LogP) is -0.609. The van der Waals surface area contributed by atoms with Crippen molar-refractivity contribution in [2.45, 2.75) is 24.5 Å². The Kier molecular flexibility index (Phi) is 3.50. The molecule has 0 aliphatic carbocycles. The van der Waals surface area contributed by atoms with Crippen molar-refractivity contribution in [1.82, 2.24) is 19.5 Å². The van der Waals surface area contributed by atoms with E-state index in [4.69, 9.17) is 10.5 Å². The standard InChI is InChI=1S/C11H15N5O3S/c1-20-2-5-7(17)8(18)11(19-5)16-4-15-6-9(12)13-3-14-10(6)16/h3-5,7-8,11,17-18H,2H2,1H3,(H2,12,13,14)/t5-,7-,8-,11-/m0/s1. The molecule has 0 bridgehead atoms. The third-order valence-electron chi connectivity index (χ3n) is 3.33. The molecule has 3 heterocycles. The van der Waals surface area contributed by atoms with Crippen molar-refractivity contribution in [3.63, 3.8) is 0 Å². The van der Waals surface area contributed by atoms with Crippen molar-refractivity contribution in [3.05, 3.63) is 12.7 Å². The molecule has 0 spiro atoms. The second-order valence-electron chi connectivity index (χ2n) is 4.58. The maximum absolute atomic E-state index is 10.1. The third kappa shape index (κ3) is 2.03. The van der Waals surface area contributed by atoms with Crippen LogP contribution in [0.4, 0.5) is 5.82 Å². The highest BCUT2D eigenvalue weighted by Gasteiger charge is 2.43. The number of ether oxygens (including phenoxy) is 1. The number of imidazole rings is 1. The molecule has 0 aromatic carbocycles. The first kappa shape index (κ1) is 13.6. The van der Waals surface area contributed by atoms with Crippen LogP contribution in [0.15, 0.2) is 12.7 Å². The van der Waals surface area contributed by atoms with Crippen LogP contribution < -0.4 is 5.73 Å². The maximum Gasteiger partial charge on any atom is 0.167 e. The highest BCUT2D eigenvalue weighted by atomic mass is 32.2. The lowest BCUT2D eigenvalue weighted by atomic mass is 10.1. The van der Waals surface area contributed by atoms with Gasteiger partial charge in [0.05, 0.1) is 12.4 Å². The molecule has 0 radical (unpaired) electrons. The molecular formula is C11H15N5O3S. The van der Waals surface area contributed by atoms with E-state index in [0.717, 1.165) is 0 Å². The van der Waals surface area contributed by atoms with Gasteiger partial charge in [0.1, 0.15) is 24.1 Å². The molecule has 4 N–H and O–H groups in total. The van der Waals surface area contributed by atoms with Gasteiger partial charge in [-0.15, -0.1) is 0 Å². The van der Waals surface area contributed by atoms with Crippen LogP contribution >= 0.6 is 11.8 Å². The number of nitrogens with two attached hydrogens (primary N) is 1. The first-order valence-electron chi connectivity index (χ1n) is 6.07. The molecule has 2 aromatic heterocycles. The summed E-state index contributed by atoms with van der Waals surface area (Å²) in [6.45, 7) is 0. The third-order valence-corrected chi connectivity index (χ3v) is 3.99. The minimum atomic E-state index is -1.04. The smallest absolute Gasteiger partial charge is 0.167 e. The van der Waals surface area contributed by atoms with Crippen LogP contribution in [0.2, 0.25) is 0 Å². The Balaban J connectivity index is 1.97. The molecular weight excluding hydrogens is 282 g/mol. The van der Waals surface area contributed by atoms with Gasteiger partial charge in [-0.3, -0.25) is 4.57 Å². The van der Waals surface area contributed by atoms with E-state index in [0.29, 0.717) is 16.9 Å². The van der Waals surface area contributed by atoms with Gasteiger partial charge >= 0.3 is 0 Å². The highest BCUT2D eigenvalue weighted by Crippen LogP contribution is 2.32. The zero-order valence-corrected chi connectivity index (χ0v) is 11.6. The van der Waals surface area contributed by atoms with Crippen LogP contribution in [0, 0.1) is 0 Å². The minimum absolute atomic E-state index is 0.266. The van der Waals surface area contributed by atoms with E-state index >= 15 is 0 Å². The molecule has 9 heteroatoms. The average molecular weight is 297 g/mol. The number of hydrogen-bond donors (Lipinski definition) is 3. The molecule has 1 aliphatic heterocycles. The molecule has 1 fully saturated rings. The van der Waals surface area contributed by atoms with Crippen LogP contribution in [0.25, 0.3) is 11.2 Å². The van der Waals surface area contributed by atoms with Crippen LogP contribution in [0.5, 0.6) is 0 Å². The lowest BCUT2D eigenvalue weighted by Gasteiger charge is -2.16. The van der Waals surface area contributed by atoms with Gasteiger partial charge in [-0.1, -0.05) is 0 Å². The zero-order valence-electron chi connectivity index (χ0n) is 10.7. The summed E-state index contributed by atoms with van der Waals surface area (Å²) in [7, 11) is 0. The fourth-order valence-electron chi connectivity index (χ4n) is 2.32. The van der Waals surface area contributed by atoms with E-state index < -0.39 is 24.5 Å². The number of hydrogen-bond acceptors (Lipinski definition) is 8. The number of aliphatic hydroxyl groups is 2.